The smallest absolute Gasteiger partial charge is 0.0522 e. The highest BCUT2D eigenvalue weighted by Crippen LogP contribution is 2.17. The minimum atomic E-state index is 0.102. The van der Waals surface area contributed by atoms with Gasteiger partial charge in [0.15, 0.2) is 0 Å². The fourth-order valence-corrected chi connectivity index (χ4v) is 1.23. The molecule has 0 amide bonds. The summed E-state index contributed by atoms with van der Waals surface area (Å²) in [6.45, 7) is 0. The van der Waals surface area contributed by atoms with E-state index in [1.807, 2.05) is 6.20 Å². The van der Waals surface area contributed by atoms with Gasteiger partial charge in [-0.1, -0.05) is 0 Å². The van der Waals surface area contributed by atoms with Crippen LogP contribution in [0.2, 0.25) is 0 Å². The molecule has 2 nitrogen and oxygen atoms in total. The third kappa shape index (κ3) is 0.745. The molecule has 0 fully saturated rings. The van der Waals surface area contributed by atoms with E-state index in [9.17, 15) is 0 Å². The summed E-state index contributed by atoms with van der Waals surface area (Å²) in [5.74, 6) is 0. The molecule has 48 valence electrons. The SMILES string of the molecule is [2H]C1CCc2[nH]ncc2C1. The van der Waals surface area contributed by atoms with E-state index in [-0.39, 0.29) is 6.40 Å². The van der Waals surface area contributed by atoms with Crippen molar-refractivity contribution in [1.29, 1.82) is 0 Å². The number of hydrogen-bond acceptors (Lipinski definition) is 1. The first-order valence-corrected chi connectivity index (χ1v) is 3.29. The van der Waals surface area contributed by atoms with Crippen molar-refractivity contribution in [2.45, 2.75) is 25.7 Å². The maximum Gasteiger partial charge on any atom is 0.0522 e. The number of aromatic amines is 1. The summed E-state index contributed by atoms with van der Waals surface area (Å²) in [7, 11) is 0. The van der Waals surface area contributed by atoms with Gasteiger partial charge in [-0.15, -0.1) is 0 Å². The molecule has 0 radical (unpaired) electrons. The van der Waals surface area contributed by atoms with Crippen molar-refractivity contribution in [3.63, 3.8) is 0 Å². The number of rotatable bonds is 0. The maximum atomic E-state index is 7.50. The Morgan fingerprint density at radius 2 is 2.67 bits per heavy atom. The molecule has 2 heteroatoms. The minimum absolute atomic E-state index is 0.102. The molecule has 9 heavy (non-hydrogen) atoms. The third-order valence-corrected chi connectivity index (χ3v) is 1.77. The Labute approximate surface area is 55.7 Å². The fourth-order valence-electron chi connectivity index (χ4n) is 1.23. The molecule has 1 aliphatic carbocycles. The van der Waals surface area contributed by atoms with E-state index in [1.165, 1.54) is 11.3 Å². The van der Waals surface area contributed by atoms with Crippen molar-refractivity contribution in [3.8, 4) is 0 Å². The number of nitrogens with zero attached hydrogens (tertiary/aromatic N) is 1. The molecule has 2 rings (SSSR count). The number of nitrogens with one attached hydrogen (secondary N) is 1. The number of fused-ring (bicyclic) bond motifs is 1. The normalized spacial score (nSPS) is 27.1. The Morgan fingerprint density at radius 1 is 1.67 bits per heavy atom. The van der Waals surface area contributed by atoms with Gasteiger partial charge in [0.1, 0.15) is 0 Å². The van der Waals surface area contributed by atoms with Crippen LogP contribution < -0.4 is 0 Å². The monoisotopic (exact) mass is 123 g/mol. The van der Waals surface area contributed by atoms with Gasteiger partial charge in [0.05, 0.1) is 6.20 Å². The van der Waals surface area contributed by atoms with Gasteiger partial charge in [-0.05, 0) is 31.2 Å². The van der Waals surface area contributed by atoms with Crippen LogP contribution in [0.3, 0.4) is 0 Å². The lowest BCUT2D eigenvalue weighted by molar-refractivity contribution is 0.675. The Balaban J connectivity index is 2.30. The lowest BCUT2D eigenvalue weighted by Crippen LogP contribution is -1.99. The van der Waals surface area contributed by atoms with E-state index < -0.39 is 0 Å². The van der Waals surface area contributed by atoms with E-state index in [0.29, 0.717) is 0 Å². The van der Waals surface area contributed by atoms with Gasteiger partial charge in [0.25, 0.3) is 0 Å². The molecule has 0 aliphatic heterocycles. The zero-order valence-corrected chi connectivity index (χ0v) is 5.22. The van der Waals surface area contributed by atoms with Crippen LogP contribution in [0.15, 0.2) is 6.20 Å². The van der Waals surface area contributed by atoms with Gasteiger partial charge in [-0.25, -0.2) is 0 Å². The molecule has 1 aromatic heterocycles. The van der Waals surface area contributed by atoms with Crippen molar-refractivity contribution in [2.75, 3.05) is 0 Å². The maximum absolute atomic E-state index is 7.50. The third-order valence-electron chi connectivity index (χ3n) is 1.77. The molecule has 0 aromatic carbocycles. The molecular formula is C7H10N2. The van der Waals surface area contributed by atoms with Crippen molar-refractivity contribution in [2.24, 2.45) is 0 Å². The van der Waals surface area contributed by atoms with Crippen molar-refractivity contribution < 1.29 is 1.37 Å². The van der Waals surface area contributed by atoms with Gasteiger partial charge < -0.3 is 0 Å². The molecule has 1 N–H and O–H groups in total. The summed E-state index contributed by atoms with van der Waals surface area (Å²) in [6.07, 6.45) is 4.81. The summed E-state index contributed by atoms with van der Waals surface area (Å²) >= 11 is 0. The predicted molar refractivity (Wildman–Crippen MR) is 35.2 cm³/mol. The van der Waals surface area contributed by atoms with Gasteiger partial charge in [0.2, 0.25) is 0 Å². The lowest BCUT2D eigenvalue weighted by atomic mass is 9.99. The highest BCUT2D eigenvalue weighted by Gasteiger charge is 2.08. The average molecular weight is 123 g/mol. The Kier molecular flexibility index (Phi) is 0.848. The highest BCUT2D eigenvalue weighted by atomic mass is 15.1. The summed E-state index contributed by atoms with van der Waals surface area (Å²) in [5.41, 5.74) is 2.48. The highest BCUT2D eigenvalue weighted by molar-refractivity contribution is 5.18. The quantitative estimate of drug-likeness (QED) is 0.553. The minimum Gasteiger partial charge on any atom is -0.282 e. The van der Waals surface area contributed by atoms with Crippen LogP contribution in [0.5, 0.6) is 0 Å². The first-order chi connectivity index (χ1) is 4.86. The van der Waals surface area contributed by atoms with Crippen LogP contribution in [0, 0.1) is 0 Å². The van der Waals surface area contributed by atoms with Crippen LogP contribution in [0.4, 0.5) is 0 Å². The first kappa shape index (κ1) is 4.09. The number of aryl methyl sites for hydroxylation is 2. The second kappa shape index (κ2) is 1.87. The molecule has 1 unspecified atom stereocenters. The molecule has 0 saturated heterocycles. The van der Waals surface area contributed by atoms with Crippen molar-refractivity contribution in [3.05, 3.63) is 17.5 Å². The largest absolute Gasteiger partial charge is 0.282 e. The molecule has 1 atom stereocenters. The topological polar surface area (TPSA) is 28.7 Å². The molecule has 1 heterocycles. The fraction of sp³-hybridized carbons (Fsp3) is 0.571. The number of hydrogen-bond donors (Lipinski definition) is 1. The first-order valence-electron chi connectivity index (χ1n) is 3.87. The van der Waals surface area contributed by atoms with Gasteiger partial charge in [-0.2, -0.15) is 5.10 Å². The van der Waals surface area contributed by atoms with E-state index in [0.717, 1.165) is 19.3 Å². The standard InChI is InChI=1S/C7H10N2/c1-2-4-7-6(3-1)5-8-9-7/h5H,1-4H2,(H,8,9)/i1D. The van der Waals surface area contributed by atoms with Gasteiger partial charge >= 0.3 is 0 Å². The van der Waals surface area contributed by atoms with Crippen LogP contribution in [0.25, 0.3) is 0 Å². The van der Waals surface area contributed by atoms with Crippen LogP contribution in [-0.4, -0.2) is 10.2 Å². The number of aromatic nitrogens is 2. The zero-order chi connectivity index (χ0) is 6.97. The molecular weight excluding hydrogens is 112 g/mol. The van der Waals surface area contributed by atoms with E-state index in [2.05, 4.69) is 10.2 Å². The second-order valence-corrected chi connectivity index (χ2v) is 2.41. The molecule has 0 saturated carbocycles. The van der Waals surface area contributed by atoms with Crippen LogP contribution >= 0.6 is 0 Å². The van der Waals surface area contributed by atoms with E-state index in [4.69, 9.17) is 1.37 Å². The van der Waals surface area contributed by atoms with Crippen molar-refractivity contribution >= 4 is 0 Å². The molecule has 1 aliphatic rings. The summed E-state index contributed by atoms with van der Waals surface area (Å²) in [5, 5.41) is 6.87. The summed E-state index contributed by atoms with van der Waals surface area (Å²) in [4.78, 5) is 0. The van der Waals surface area contributed by atoms with E-state index >= 15 is 0 Å². The molecule has 1 aromatic rings. The Hall–Kier alpha value is -0.790. The van der Waals surface area contributed by atoms with Gasteiger partial charge in [0, 0.05) is 7.06 Å². The molecule has 0 spiro atoms. The predicted octanol–water partition coefficient (Wildman–Crippen LogP) is 1.29. The second-order valence-electron chi connectivity index (χ2n) is 2.41. The van der Waals surface area contributed by atoms with E-state index in [1.54, 1.807) is 0 Å². The zero-order valence-electron chi connectivity index (χ0n) is 6.22. The lowest BCUT2D eigenvalue weighted by Gasteiger charge is -2.07. The summed E-state index contributed by atoms with van der Waals surface area (Å²) < 4.78 is 7.50. The number of H-pyrrole nitrogens is 1. The Morgan fingerprint density at radius 3 is 3.67 bits per heavy atom. The molecule has 0 bridgehead atoms. The summed E-state index contributed by atoms with van der Waals surface area (Å²) in [6, 6.07) is 0. The van der Waals surface area contributed by atoms with Crippen LogP contribution in [-0.2, 0) is 12.8 Å². The van der Waals surface area contributed by atoms with Crippen LogP contribution in [0.1, 0.15) is 25.4 Å². The Bertz CT molecular complexity index is 231. The van der Waals surface area contributed by atoms with Gasteiger partial charge in [-0.3, -0.25) is 5.10 Å². The average Bonchev–Trinajstić information content (AvgIpc) is 2.33. The van der Waals surface area contributed by atoms with Crippen molar-refractivity contribution in [1.82, 2.24) is 10.2 Å².